The third-order valence-electron chi connectivity index (χ3n) is 3.59. The zero-order valence-corrected chi connectivity index (χ0v) is 10.5. The van der Waals surface area contributed by atoms with Crippen LogP contribution in [-0.2, 0) is 17.7 Å². The first-order valence-corrected chi connectivity index (χ1v) is 6.40. The van der Waals surface area contributed by atoms with Gasteiger partial charge in [0.05, 0.1) is 6.61 Å². The van der Waals surface area contributed by atoms with E-state index in [1.54, 1.807) is 13.4 Å². The van der Waals surface area contributed by atoms with Gasteiger partial charge in [0.1, 0.15) is 12.2 Å². The van der Waals surface area contributed by atoms with E-state index in [4.69, 9.17) is 10.5 Å². The average Bonchev–Trinajstić information content (AvgIpc) is 2.77. The summed E-state index contributed by atoms with van der Waals surface area (Å²) in [6.45, 7) is 1.55. The smallest absolute Gasteiger partial charge is 0.133 e. The topological polar surface area (TPSA) is 66.0 Å². The van der Waals surface area contributed by atoms with E-state index in [0.29, 0.717) is 12.6 Å². The second kappa shape index (κ2) is 6.12. The molecule has 5 heteroatoms. The molecule has 0 amide bonds. The van der Waals surface area contributed by atoms with Crippen molar-refractivity contribution in [1.29, 1.82) is 0 Å². The van der Waals surface area contributed by atoms with Crippen LogP contribution in [0.5, 0.6) is 0 Å². The van der Waals surface area contributed by atoms with E-state index in [2.05, 4.69) is 14.8 Å². The Bertz CT molecular complexity index is 331. The first-order chi connectivity index (χ1) is 8.29. The van der Waals surface area contributed by atoms with Crippen molar-refractivity contribution >= 4 is 0 Å². The Morgan fingerprint density at radius 3 is 2.88 bits per heavy atom. The van der Waals surface area contributed by atoms with Crippen LogP contribution in [0.2, 0.25) is 0 Å². The number of nitrogens with two attached hydrogens (primary N) is 1. The van der Waals surface area contributed by atoms with Crippen LogP contribution in [0, 0.1) is 5.92 Å². The maximum Gasteiger partial charge on any atom is 0.133 e. The molecule has 0 bridgehead atoms. The van der Waals surface area contributed by atoms with Gasteiger partial charge in [-0.3, -0.25) is 0 Å². The van der Waals surface area contributed by atoms with Gasteiger partial charge >= 0.3 is 0 Å². The number of hydrogen-bond donors (Lipinski definition) is 1. The van der Waals surface area contributed by atoms with E-state index in [1.807, 2.05) is 0 Å². The molecule has 96 valence electrons. The van der Waals surface area contributed by atoms with Gasteiger partial charge in [0, 0.05) is 26.1 Å². The van der Waals surface area contributed by atoms with E-state index in [1.165, 1.54) is 12.8 Å². The van der Waals surface area contributed by atoms with E-state index in [9.17, 15) is 0 Å². The second-order valence-corrected chi connectivity index (χ2v) is 4.92. The van der Waals surface area contributed by atoms with E-state index in [0.717, 1.165) is 37.5 Å². The fourth-order valence-electron chi connectivity index (χ4n) is 2.46. The lowest BCUT2D eigenvalue weighted by molar-refractivity contribution is 0.185. The molecule has 0 spiro atoms. The Kier molecular flexibility index (Phi) is 4.50. The molecule has 2 rings (SSSR count). The fraction of sp³-hybridized carbons (Fsp3) is 0.833. The Morgan fingerprint density at radius 1 is 1.41 bits per heavy atom. The molecule has 0 radical (unpaired) electrons. The van der Waals surface area contributed by atoms with E-state index in [-0.39, 0.29) is 0 Å². The lowest BCUT2D eigenvalue weighted by atomic mass is 9.84. The van der Waals surface area contributed by atoms with Gasteiger partial charge in [-0.15, -0.1) is 10.2 Å². The number of nitrogens with zero attached hydrogens (tertiary/aromatic N) is 3. The van der Waals surface area contributed by atoms with Crippen LogP contribution < -0.4 is 5.73 Å². The molecule has 0 aliphatic heterocycles. The number of hydrogen-bond acceptors (Lipinski definition) is 4. The van der Waals surface area contributed by atoms with Crippen molar-refractivity contribution in [1.82, 2.24) is 14.8 Å². The van der Waals surface area contributed by atoms with Crippen molar-refractivity contribution in [3.8, 4) is 0 Å². The molecule has 0 aromatic carbocycles. The van der Waals surface area contributed by atoms with Crippen molar-refractivity contribution in [2.24, 2.45) is 11.7 Å². The van der Waals surface area contributed by atoms with Gasteiger partial charge in [0.2, 0.25) is 0 Å². The minimum Gasteiger partial charge on any atom is -0.383 e. The Hall–Kier alpha value is -0.940. The van der Waals surface area contributed by atoms with Gasteiger partial charge < -0.3 is 15.0 Å². The fourth-order valence-corrected chi connectivity index (χ4v) is 2.46. The predicted octanol–water partition coefficient (Wildman–Crippen LogP) is 0.984. The molecule has 1 aromatic heterocycles. The Morgan fingerprint density at radius 2 is 2.18 bits per heavy atom. The van der Waals surface area contributed by atoms with Gasteiger partial charge in [0.15, 0.2) is 0 Å². The molecule has 17 heavy (non-hydrogen) atoms. The molecule has 2 N–H and O–H groups in total. The van der Waals surface area contributed by atoms with Crippen molar-refractivity contribution < 1.29 is 4.74 Å². The van der Waals surface area contributed by atoms with Crippen LogP contribution in [0.1, 0.15) is 31.5 Å². The minimum absolute atomic E-state index is 0.414. The quantitative estimate of drug-likeness (QED) is 0.830. The molecule has 0 atom stereocenters. The second-order valence-electron chi connectivity index (χ2n) is 4.92. The molecular formula is C12H22N4O. The highest BCUT2D eigenvalue weighted by Crippen LogP contribution is 2.25. The summed E-state index contributed by atoms with van der Waals surface area (Å²) < 4.78 is 7.18. The highest BCUT2D eigenvalue weighted by Gasteiger charge is 2.20. The van der Waals surface area contributed by atoms with Crippen molar-refractivity contribution in [3.63, 3.8) is 0 Å². The zero-order valence-electron chi connectivity index (χ0n) is 10.5. The SMILES string of the molecule is COCCn1cnnc1CC1CCC(N)CC1. The molecule has 1 fully saturated rings. The summed E-state index contributed by atoms with van der Waals surface area (Å²) in [5, 5.41) is 8.20. The summed E-state index contributed by atoms with van der Waals surface area (Å²) in [6.07, 6.45) is 7.56. The lowest BCUT2D eigenvalue weighted by Gasteiger charge is -2.25. The standard InChI is InChI=1S/C12H22N4O/c1-17-7-6-16-9-14-15-12(16)8-10-2-4-11(13)5-3-10/h9-11H,2-8,13H2,1H3. The highest BCUT2D eigenvalue weighted by atomic mass is 16.5. The molecular weight excluding hydrogens is 216 g/mol. The molecule has 0 saturated heterocycles. The molecule has 1 heterocycles. The van der Waals surface area contributed by atoms with Gasteiger partial charge in [-0.05, 0) is 31.6 Å². The van der Waals surface area contributed by atoms with Crippen LogP contribution in [0.4, 0.5) is 0 Å². The molecule has 5 nitrogen and oxygen atoms in total. The van der Waals surface area contributed by atoms with E-state index < -0.39 is 0 Å². The summed E-state index contributed by atoms with van der Waals surface area (Å²) in [6, 6.07) is 0.414. The van der Waals surface area contributed by atoms with Crippen molar-refractivity contribution in [2.75, 3.05) is 13.7 Å². The molecule has 1 aliphatic carbocycles. The minimum atomic E-state index is 0.414. The summed E-state index contributed by atoms with van der Waals surface area (Å²) in [7, 11) is 1.71. The summed E-state index contributed by atoms with van der Waals surface area (Å²) in [5.41, 5.74) is 5.92. The van der Waals surface area contributed by atoms with Crippen LogP contribution in [-0.4, -0.2) is 34.5 Å². The molecule has 1 saturated carbocycles. The van der Waals surface area contributed by atoms with Crippen LogP contribution >= 0.6 is 0 Å². The van der Waals surface area contributed by atoms with Crippen molar-refractivity contribution in [2.45, 2.75) is 44.7 Å². The highest BCUT2D eigenvalue weighted by molar-refractivity contribution is 4.90. The van der Waals surface area contributed by atoms with E-state index >= 15 is 0 Å². The number of rotatable bonds is 5. The molecule has 0 unspecified atom stereocenters. The van der Waals surface area contributed by atoms with Crippen LogP contribution in [0.25, 0.3) is 0 Å². The van der Waals surface area contributed by atoms with Gasteiger partial charge in [-0.2, -0.15) is 0 Å². The van der Waals surface area contributed by atoms with Gasteiger partial charge in [0.25, 0.3) is 0 Å². The first kappa shape index (κ1) is 12.5. The van der Waals surface area contributed by atoms with Gasteiger partial charge in [-0.25, -0.2) is 0 Å². The Balaban J connectivity index is 1.87. The lowest BCUT2D eigenvalue weighted by Crippen LogP contribution is -2.27. The first-order valence-electron chi connectivity index (χ1n) is 6.40. The number of aromatic nitrogens is 3. The van der Waals surface area contributed by atoms with Crippen LogP contribution in [0.3, 0.4) is 0 Å². The largest absolute Gasteiger partial charge is 0.383 e. The maximum absolute atomic E-state index is 5.92. The van der Waals surface area contributed by atoms with Gasteiger partial charge in [-0.1, -0.05) is 0 Å². The molecule has 1 aliphatic rings. The summed E-state index contributed by atoms with van der Waals surface area (Å²) in [5.74, 6) is 1.81. The monoisotopic (exact) mass is 238 g/mol. The van der Waals surface area contributed by atoms with Crippen LogP contribution in [0.15, 0.2) is 6.33 Å². The summed E-state index contributed by atoms with van der Waals surface area (Å²) in [4.78, 5) is 0. The average molecular weight is 238 g/mol. The zero-order chi connectivity index (χ0) is 12.1. The predicted molar refractivity (Wildman–Crippen MR) is 65.5 cm³/mol. The molecule has 1 aromatic rings. The third kappa shape index (κ3) is 3.51. The normalized spacial score (nSPS) is 25.1. The van der Waals surface area contributed by atoms with Crippen molar-refractivity contribution in [3.05, 3.63) is 12.2 Å². The number of methoxy groups -OCH3 is 1. The summed E-state index contributed by atoms with van der Waals surface area (Å²) >= 11 is 0. The Labute approximate surface area is 102 Å². The number of ether oxygens (including phenoxy) is 1. The maximum atomic E-state index is 5.92. The third-order valence-corrected chi connectivity index (χ3v) is 3.59.